The van der Waals surface area contributed by atoms with E-state index in [0.29, 0.717) is 26.2 Å². The van der Waals surface area contributed by atoms with E-state index in [9.17, 15) is 9.59 Å². The van der Waals surface area contributed by atoms with Crippen LogP contribution in [0, 0.1) is 0 Å². The van der Waals surface area contributed by atoms with Gasteiger partial charge in [0.25, 0.3) is 0 Å². The minimum absolute atomic E-state index is 0.0764. The highest BCUT2D eigenvalue weighted by Gasteiger charge is 2.35. The first-order valence-electron chi connectivity index (χ1n) is 6.35. The molecule has 1 N–H and O–H groups in total. The van der Waals surface area contributed by atoms with Crippen LogP contribution in [-0.2, 0) is 9.53 Å². The zero-order chi connectivity index (χ0) is 13.3. The number of rotatable bonds is 0. The molecule has 2 heterocycles. The fraction of sp³-hybridized carbons (Fsp3) is 0.833. The lowest BCUT2D eigenvalue weighted by Gasteiger charge is -2.44. The predicted octanol–water partition coefficient (Wildman–Crippen LogP) is 0.0375. The van der Waals surface area contributed by atoms with Gasteiger partial charge in [-0.25, -0.2) is 4.79 Å². The Kier molecular flexibility index (Phi) is 3.47. The summed E-state index contributed by atoms with van der Waals surface area (Å²) < 4.78 is 5.35. The number of amides is 2. The highest BCUT2D eigenvalue weighted by Crippen LogP contribution is 2.16. The first-order valence-corrected chi connectivity index (χ1v) is 6.35. The number of fused-ring (bicyclic) bond motifs is 1. The second-order valence-corrected chi connectivity index (χ2v) is 5.80. The first-order chi connectivity index (χ1) is 8.37. The topological polar surface area (TPSA) is 61.9 Å². The van der Waals surface area contributed by atoms with Gasteiger partial charge >= 0.3 is 6.09 Å². The summed E-state index contributed by atoms with van der Waals surface area (Å²) in [6.07, 6.45) is -0.292. The van der Waals surface area contributed by atoms with Crippen LogP contribution in [0.15, 0.2) is 0 Å². The van der Waals surface area contributed by atoms with Crippen LogP contribution >= 0.6 is 0 Å². The van der Waals surface area contributed by atoms with Gasteiger partial charge in [-0.1, -0.05) is 0 Å². The van der Waals surface area contributed by atoms with Crippen LogP contribution in [0.2, 0.25) is 0 Å². The van der Waals surface area contributed by atoms with Crippen LogP contribution in [0.5, 0.6) is 0 Å². The van der Waals surface area contributed by atoms with Gasteiger partial charge in [-0.15, -0.1) is 0 Å². The molecule has 2 aliphatic rings. The van der Waals surface area contributed by atoms with Crippen LogP contribution in [-0.4, -0.2) is 66.2 Å². The van der Waals surface area contributed by atoms with E-state index < -0.39 is 5.60 Å². The van der Waals surface area contributed by atoms with Crippen molar-refractivity contribution in [3.8, 4) is 0 Å². The Labute approximate surface area is 107 Å². The Morgan fingerprint density at radius 3 is 2.78 bits per heavy atom. The zero-order valence-electron chi connectivity index (χ0n) is 11.2. The van der Waals surface area contributed by atoms with Gasteiger partial charge < -0.3 is 19.9 Å². The molecular weight excluding hydrogens is 234 g/mol. The molecule has 2 fully saturated rings. The van der Waals surface area contributed by atoms with Crippen molar-refractivity contribution in [3.63, 3.8) is 0 Å². The summed E-state index contributed by atoms with van der Waals surface area (Å²) in [5.41, 5.74) is -0.477. The third-order valence-corrected chi connectivity index (χ3v) is 3.11. The van der Waals surface area contributed by atoms with Crippen LogP contribution in [0.3, 0.4) is 0 Å². The molecule has 6 heteroatoms. The van der Waals surface area contributed by atoms with Crippen molar-refractivity contribution >= 4 is 12.0 Å². The van der Waals surface area contributed by atoms with E-state index in [0.717, 1.165) is 6.54 Å². The number of carbonyl (C=O) groups excluding carboxylic acids is 2. The number of hydrogen-bond acceptors (Lipinski definition) is 4. The fourth-order valence-corrected chi connectivity index (χ4v) is 2.30. The van der Waals surface area contributed by atoms with Crippen molar-refractivity contribution in [3.05, 3.63) is 0 Å². The molecule has 0 saturated carbocycles. The summed E-state index contributed by atoms with van der Waals surface area (Å²) in [5.74, 6) is 0.120. The average molecular weight is 255 g/mol. The standard InChI is InChI=1S/C12H21N3O3/c1-12(2,3)18-11(17)14-4-5-15-9(8-14)6-13-7-10(15)16/h9,13H,4-8H2,1-3H3. The van der Waals surface area contributed by atoms with Gasteiger partial charge in [0.15, 0.2) is 0 Å². The van der Waals surface area contributed by atoms with Crippen LogP contribution < -0.4 is 5.32 Å². The summed E-state index contributed by atoms with van der Waals surface area (Å²) in [6.45, 7) is 8.41. The maximum atomic E-state index is 11.9. The van der Waals surface area contributed by atoms with Crippen LogP contribution in [0.1, 0.15) is 20.8 Å². The summed E-state index contributed by atoms with van der Waals surface area (Å²) in [6, 6.07) is 0.0764. The molecule has 0 aromatic carbocycles. The van der Waals surface area contributed by atoms with Gasteiger partial charge in [0.05, 0.1) is 12.6 Å². The summed E-state index contributed by atoms with van der Waals surface area (Å²) >= 11 is 0. The number of piperazine rings is 2. The molecule has 1 atom stereocenters. The Balaban J connectivity index is 1.94. The van der Waals surface area contributed by atoms with Crippen molar-refractivity contribution in [1.29, 1.82) is 0 Å². The molecule has 1 unspecified atom stereocenters. The van der Waals surface area contributed by atoms with E-state index in [-0.39, 0.29) is 18.0 Å². The summed E-state index contributed by atoms with van der Waals surface area (Å²) in [5, 5.41) is 3.07. The van der Waals surface area contributed by atoms with Gasteiger partial charge in [0.1, 0.15) is 5.60 Å². The van der Waals surface area contributed by atoms with Crippen LogP contribution in [0.4, 0.5) is 4.79 Å². The average Bonchev–Trinajstić information content (AvgIpc) is 2.26. The van der Waals surface area contributed by atoms with Crippen LogP contribution in [0.25, 0.3) is 0 Å². The molecule has 2 aliphatic heterocycles. The number of carbonyl (C=O) groups is 2. The molecule has 102 valence electrons. The highest BCUT2D eigenvalue weighted by atomic mass is 16.6. The quantitative estimate of drug-likeness (QED) is 0.664. The number of hydrogen-bond donors (Lipinski definition) is 1. The normalized spacial score (nSPS) is 24.8. The molecule has 0 bridgehead atoms. The molecule has 6 nitrogen and oxygen atoms in total. The minimum atomic E-state index is -0.477. The Morgan fingerprint density at radius 2 is 2.11 bits per heavy atom. The molecule has 18 heavy (non-hydrogen) atoms. The van der Waals surface area contributed by atoms with Gasteiger partial charge in [-0.2, -0.15) is 0 Å². The maximum Gasteiger partial charge on any atom is 0.410 e. The third kappa shape index (κ3) is 2.93. The lowest BCUT2D eigenvalue weighted by atomic mass is 10.1. The fourth-order valence-electron chi connectivity index (χ4n) is 2.30. The van der Waals surface area contributed by atoms with Gasteiger partial charge in [-0.3, -0.25) is 4.79 Å². The van der Waals surface area contributed by atoms with Crippen molar-refractivity contribution in [1.82, 2.24) is 15.1 Å². The van der Waals surface area contributed by atoms with E-state index in [1.807, 2.05) is 25.7 Å². The first kappa shape index (κ1) is 13.1. The SMILES string of the molecule is CC(C)(C)OC(=O)N1CCN2C(=O)CNCC2C1. The Morgan fingerprint density at radius 1 is 1.39 bits per heavy atom. The smallest absolute Gasteiger partial charge is 0.410 e. The highest BCUT2D eigenvalue weighted by molar-refractivity contribution is 5.80. The van der Waals surface area contributed by atoms with Gasteiger partial charge in [-0.05, 0) is 20.8 Å². The molecule has 2 rings (SSSR count). The monoisotopic (exact) mass is 255 g/mol. The second-order valence-electron chi connectivity index (χ2n) is 5.80. The molecule has 2 amide bonds. The summed E-state index contributed by atoms with van der Waals surface area (Å²) in [4.78, 5) is 27.2. The van der Waals surface area contributed by atoms with Gasteiger partial charge in [0.2, 0.25) is 5.91 Å². The molecule has 2 saturated heterocycles. The van der Waals surface area contributed by atoms with E-state index in [1.165, 1.54) is 0 Å². The Hall–Kier alpha value is -1.30. The van der Waals surface area contributed by atoms with Crippen molar-refractivity contribution in [2.24, 2.45) is 0 Å². The van der Waals surface area contributed by atoms with E-state index in [4.69, 9.17) is 4.74 Å². The zero-order valence-corrected chi connectivity index (χ0v) is 11.2. The molecule has 0 aromatic rings. The number of nitrogens with zero attached hydrogens (tertiary/aromatic N) is 2. The third-order valence-electron chi connectivity index (χ3n) is 3.11. The Bertz CT molecular complexity index is 351. The van der Waals surface area contributed by atoms with Crippen molar-refractivity contribution in [2.45, 2.75) is 32.4 Å². The molecule has 0 aromatic heterocycles. The van der Waals surface area contributed by atoms with Crippen molar-refractivity contribution in [2.75, 3.05) is 32.7 Å². The molecular formula is C12H21N3O3. The lowest BCUT2D eigenvalue weighted by molar-refractivity contribution is -0.137. The summed E-state index contributed by atoms with van der Waals surface area (Å²) in [7, 11) is 0. The minimum Gasteiger partial charge on any atom is -0.444 e. The largest absolute Gasteiger partial charge is 0.444 e. The maximum absolute atomic E-state index is 11.9. The predicted molar refractivity (Wildman–Crippen MR) is 66.2 cm³/mol. The van der Waals surface area contributed by atoms with E-state index in [1.54, 1.807) is 4.90 Å². The number of ether oxygens (including phenoxy) is 1. The number of nitrogens with one attached hydrogen (secondary N) is 1. The van der Waals surface area contributed by atoms with E-state index in [2.05, 4.69) is 5.32 Å². The second kappa shape index (κ2) is 4.76. The molecule has 0 radical (unpaired) electrons. The molecule has 0 spiro atoms. The molecule has 0 aliphatic carbocycles. The van der Waals surface area contributed by atoms with Crippen molar-refractivity contribution < 1.29 is 14.3 Å². The lowest BCUT2D eigenvalue weighted by Crippen LogP contribution is -2.64. The van der Waals surface area contributed by atoms with Gasteiger partial charge in [0, 0.05) is 26.2 Å². The van der Waals surface area contributed by atoms with E-state index >= 15 is 0 Å².